The fourth-order valence-electron chi connectivity index (χ4n) is 0.557. The second kappa shape index (κ2) is 23.6. The first-order valence-corrected chi connectivity index (χ1v) is 3.63. The zero-order valence-corrected chi connectivity index (χ0v) is 11.3. The molecule has 14 heavy (non-hydrogen) atoms. The molecule has 0 fully saturated rings. The van der Waals surface area contributed by atoms with Crippen molar-refractivity contribution in [2.75, 3.05) is 41.1 Å². The summed E-state index contributed by atoms with van der Waals surface area (Å²) >= 11 is 0. The summed E-state index contributed by atoms with van der Waals surface area (Å²) in [6, 6.07) is 0. The van der Waals surface area contributed by atoms with Crippen LogP contribution in [0.15, 0.2) is 0 Å². The summed E-state index contributed by atoms with van der Waals surface area (Å²) in [5.74, 6) is 0. The molecule has 0 rings (SSSR count). The van der Waals surface area contributed by atoms with Crippen molar-refractivity contribution >= 4 is 0 Å². The topological polar surface area (TPSA) is 46.9 Å². The van der Waals surface area contributed by atoms with Gasteiger partial charge in [-0.05, 0) is 20.6 Å². The summed E-state index contributed by atoms with van der Waals surface area (Å²) in [4.78, 5) is 3.96. The number of nitrogens with zero attached hydrogens (tertiary/aromatic N) is 2. The summed E-state index contributed by atoms with van der Waals surface area (Å²) in [7, 11) is 4.90. The van der Waals surface area contributed by atoms with Crippen molar-refractivity contribution in [1.82, 2.24) is 9.80 Å². The van der Waals surface area contributed by atoms with Gasteiger partial charge in [-0.25, -0.2) is 0 Å². The van der Waals surface area contributed by atoms with Gasteiger partial charge >= 0.3 is 0 Å². The number of hydrogen-bond acceptors (Lipinski definition) is 4. The van der Waals surface area contributed by atoms with Crippen molar-refractivity contribution in [3.8, 4) is 0 Å². The molecule has 0 aromatic rings. The zero-order valence-electron chi connectivity index (χ0n) is 8.49. The van der Waals surface area contributed by atoms with Gasteiger partial charge in [-0.1, -0.05) is 21.8 Å². The van der Waals surface area contributed by atoms with Gasteiger partial charge < -0.3 is 10.2 Å². The maximum atomic E-state index is 8.58. The molecule has 0 bridgehead atoms. The fourth-order valence-corrected chi connectivity index (χ4v) is 0.557. The van der Waals surface area contributed by atoms with Crippen molar-refractivity contribution < 1.29 is 42.9 Å². The third-order valence-corrected chi connectivity index (χ3v) is 1.26. The van der Waals surface area contributed by atoms with Gasteiger partial charge in [0.15, 0.2) is 0 Å². The third kappa shape index (κ3) is 23.1. The van der Waals surface area contributed by atoms with Crippen molar-refractivity contribution in [2.24, 2.45) is 0 Å². The predicted octanol–water partition coefficient (Wildman–Crippen LogP) is 0.655. The van der Waals surface area contributed by atoms with Crippen molar-refractivity contribution in [3.63, 3.8) is 0 Å². The van der Waals surface area contributed by atoms with Gasteiger partial charge in [0, 0.05) is 39.8 Å². The Labute approximate surface area is 115 Å². The van der Waals surface area contributed by atoms with Crippen LogP contribution in [0.25, 0.3) is 0 Å². The van der Waals surface area contributed by atoms with E-state index in [1.54, 1.807) is 0 Å². The monoisotopic (exact) mass is 285 g/mol. The summed E-state index contributed by atoms with van der Waals surface area (Å²) in [6.45, 7) is 4.06. The first-order chi connectivity index (χ1) is 5.20. The van der Waals surface area contributed by atoms with E-state index in [1.165, 1.54) is 0 Å². The Hall–Kier alpha value is 0.944. The summed E-state index contributed by atoms with van der Waals surface area (Å²) < 4.78 is 0. The SMILES string of the molecule is C.C.CCN(C)CN(C)CO.CO.[Y]. The van der Waals surface area contributed by atoms with Gasteiger partial charge in [-0.15, -0.1) is 0 Å². The Morgan fingerprint density at radius 1 is 1.00 bits per heavy atom. The smallest absolute Gasteiger partial charge is 0.0964 e. The Morgan fingerprint density at radius 3 is 1.57 bits per heavy atom. The van der Waals surface area contributed by atoms with Crippen LogP contribution in [0.2, 0.25) is 0 Å². The normalized spacial score (nSPS) is 7.71. The molecule has 0 aromatic heterocycles. The van der Waals surface area contributed by atoms with E-state index >= 15 is 0 Å². The van der Waals surface area contributed by atoms with E-state index < -0.39 is 0 Å². The Morgan fingerprint density at radius 2 is 1.36 bits per heavy atom. The molecule has 0 unspecified atom stereocenters. The average molecular weight is 285 g/mol. The molecule has 5 heteroatoms. The molecule has 0 aromatic carbocycles. The Kier molecular flexibility index (Phi) is 49.6. The van der Waals surface area contributed by atoms with E-state index in [1.807, 2.05) is 19.0 Å². The molecule has 0 atom stereocenters. The summed E-state index contributed by atoms with van der Waals surface area (Å²) in [5, 5.41) is 15.6. The number of aliphatic hydroxyl groups is 2. The molecular formula is C9H28N2O2Y. The first kappa shape index (κ1) is 29.4. The quantitative estimate of drug-likeness (QED) is 0.745. The fraction of sp³-hybridized carbons (Fsp3) is 1.00. The maximum Gasteiger partial charge on any atom is 0.0964 e. The first-order valence-electron chi connectivity index (χ1n) is 3.63. The predicted molar refractivity (Wildman–Crippen MR) is 59.6 cm³/mol. The van der Waals surface area contributed by atoms with E-state index in [0.717, 1.165) is 20.3 Å². The standard InChI is InChI=1S/C6H16N2O.CH4O.2CH4.Y/c1-4-7(2)5-8(3)6-9;1-2;;;/h9H,4-6H2,1-3H3;2H,1H3;2*1H4;. The molecule has 0 heterocycles. The molecule has 89 valence electrons. The van der Waals surface area contributed by atoms with Crippen LogP contribution in [-0.2, 0) is 32.7 Å². The largest absolute Gasteiger partial charge is 0.400 e. The molecular weight excluding hydrogens is 257 g/mol. The second-order valence-corrected chi connectivity index (χ2v) is 2.31. The van der Waals surface area contributed by atoms with E-state index in [4.69, 9.17) is 10.2 Å². The Balaban J connectivity index is -0.0000000505. The van der Waals surface area contributed by atoms with Crippen molar-refractivity contribution in [3.05, 3.63) is 0 Å². The molecule has 0 aliphatic carbocycles. The summed E-state index contributed by atoms with van der Waals surface area (Å²) in [5.41, 5.74) is 0. The zero-order chi connectivity index (χ0) is 9.28. The van der Waals surface area contributed by atoms with Crippen LogP contribution in [-0.4, -0.2) is 61.2 Å². The minimum Gasteiger partial charge on any atom is -0.400 e. The average Bonchev–Trinajstić information content (AvgIpc) is 2.07. The van der Waals surface area contributed by atoms with Crippen LogP contribution in [0.1, 0.15) is 21.8 Å². The van der Waals surface area contributed by atoms with Crippen LogP contribution < -0.4 is 0 Å². The van der Waals surface area contributed by atoms with Crippen LogP contribution in [0.3, 0.4) is 0 Å². The van der Waals surface area contributed by atoms with E-state index in [-0.39, 0.29) is 54.3 Å². The van der Waals surface area contributed by atoms with Crippen molar-refractivity contribution in [1.29, 1.82) is 0 Å². The molecule has 1 radical (unpaired) electrons. The minimum absolute atomic E-state index is 0. The van der Waals surface area contributed by atoms with Crippen LogP contribution in [0.4, 0.5) is 0 Å². The molecule has 0 saturated carbocycles. The van der Waals surface area contributed by atoms with Gasteiger partial charge in [-0.2, -0.15) is 0 Å². The molecule has 4 nitrogen and oxygen atoms in total. The maximum absolute atomic E-state index is 8.58. The minimum atomic E-state index is 0. The second-order valence-electron chi connectivity index (χ2n) is 2.31. The molecule has 0 aliphatic rings. The van der Waals surface area contributed by atoms with Gasteiger partial charge in [0.2, 0.25) is 0 Å². The van der Waals surface area contributed by atoms with Crippen LogP contribution in [0.5, 0.6) is 0 Å². The van der Waals surface area contributed by atoms with Gasteiger partial charge in [0.25, 0.3) is 0 Å². The molecule has 0 spiro atoms. The Bertz CT molecular complexity index is 69.8. The molecule has 0 aliphatic heterocycles. The van der Waals surface area contributed by atoms with Gasteiger partial charge in [0.05, 0.1) is 13.4 Å². The van der Waals surface area contributed by atoms with Crippen molar-refractivity contribution in [2.45, 2.75) is 21.8 Å². The van der Waals surface area contributed by atoms with Gasteiger partial charge in [-0.3, -0.25) is 9.80 Å². The van der Waals surface area contributed by atoms with E-state index in [0.29, 0.717) is 0 Å². The molecule has 0 saturated heterocycles. The molecule has 2 N–H and O–H groups in total. The number of hydrogen-bond donors (Lipinski definition) is 2. The van der Waals surface area contributed by atoms with Gasteiger partial charge in [0.1, 0.15) is 0 Å². The summed E-state index contributed by atoms with van der Waals surface area (Å²) in [6.07, 6.45) is 0. The molecule has 0 amide bonds. The number of rotatable bonds is 4. The third-order valence-electron chi connectivity index (χ3n) is 1.26. The van der Waals surface area contributed by atoms with E-state index in [9.17, 15) is 0 Å². The number of aliphatic hydroxyl groups excluding tert-OH is 2. The van der Waals surface area contributed by atoms with Crippen LogP contribution in [0, 0.1) is 0 Å². The van der Waals surface area contributed by atoms with Crippen LogP contribution >= 0.6 is 0 Å². The van der Waals surface area contributed by atoms with E-state index in [2.05, 4.69) is 11.8 Å².